The minimum absolute atomic E-state index is 0.131. The number of aromatic nitrogens is 2. The summed E-state index contributed by atoms with van der Waals surface area (Å²) in [5.41, 5.74) is 4.47. The second-order valence-electron chi connectivity index (χ2n) is 7.35. The van der Waals surface area contributed by atoms with Gasteiger partial charge in [0.25, 0.3) is 5.91 Å². The third kappa shape index (κ3) is 3.30. The number of likely N-dealkylation sites (N-methyl/N-ethyl adjacent to an activating group) is 1. The molecule has 0 atom stereocenters. The highest BCUT2D eigenvalue weighted by Gasteiger charge is 2.25. The van der Waals surface area contributed by atoms with Gasteiger partial charge in [-0.1, -0.05) is 36.5 Å². The Bertz CT molecular complexity index is 1270. The minimum Gasteiger partial charge on any atom is -0.497 e. The first-order chi connectivity index (χ1) is 14.7. The number of nitrogens with one attached hydrogen (secondary N) is 1. The van der Waals surface area contributed by atoms with E-state index in [-0.39, 0.29) is 5.91 Å². The Labute approximate surface area is 178 Å². The van der Waals surface area contributed by atoms with Crippen molar-refractivity contribution in [1.29, 1.82) is 0 Å². The van der Waals surface area contributed by atoms with Gasteiger partial charge in [-0.15, -0.1) is 0 Å². The molecule has 1 amide bonds. The van der Waals surface area contributed by atoms with Crippen LogP contribution in [0.4, 0.5) is 5.13 Å². The van der Waals surface area contributed by atoms with Crippen LogP contribution < -0.4 is 10.1 Å². The van der Waals surface area contributed by atoms with Gasteiger partial charge >= 0.3 is 0 Å². The number of carbonyl (C=O) groups excluding carboxylic acids is 1. The molecule has 0 aliphatic carbocycles. The standard InChI is InChI=1S/C23H22N4O2S/c1-3-27-11-10-18-16(13-27)21(15-6-4-5-7-17(15)24-18)22(28)26-23-25-19-9-8-14(29-2)12-20(19)30-23/h4-9,12H,3,10-11,13H2,1-2H3,(H,25,26,28). The molecule has 5 rings (SSSR count). The zero-order chi connectivity index (χ0) is 20.7. The summed E-state index contributed by atoms with van der Waals surface area (Å²) in [5.74, 6) is 0.645. The summed E-state index contributed by atoms with van der Waals surface area (Å²) in [6.45, 7) is 4.81. The Morgan fingerprint density at radius 2 is 2.07 bits per heavy atom. The summed E-state index contributed by atoms with van der Waals surface area (Å²) in [7, 11) is 1.64. The fourth-order valence-corrected chi connectivity index (χ4v) is 4.91. The Balaban J connectivity index is 1.57. The van der Waals surface area contributed by atoms with Gasteiger partial charge in [0.05, 0.1) is 28.4 Å². The van der Waals surface area contributed by atoms with Crippen LogP contribution in [0.15, 0.2) is 42.5 Å². The number of benzene rings is 2. The lowest BCUT2D eigenvalue weighted by atomic mass is 9.95. The number of hydrogen-bond donors (Lipinski definition) is 1. The Kier molecular flexibility index (Phi) is 4.84. The number of nitrogens with zero attached hydrogens (tertiary/aromatic N) is 3. The Morgan fingerprint density at radius 3 is 2.90 bits per heavy atom. The van der Waals surface area contributed by atoms with Crippen molar-refractivity contribution >= 4 is 43.5 Å². The summed E-state index contributed by atoms with van der Waals surface area (Å²) in [6, 6.07) is 13.6. The molecule has 1 N–H and O–H groups in total. The number of anilines is 1. The van der Waals surface area contributed by atoms with E-state index in [4.69, 9.17) is 9.72 Å². The number of para-hydroxylation sites is 1. The number of hydrogen-bond acceptors (Lipinski definition) is 6. The molecule has 1 aliphatic rings. The van der Waals surface area contributed by atoms with Crippen LogP contribution in [0.25, 0.3) is 21.1 Å². The molecule has 7 heteroatoms. The number of pyridine rings is 1. The molecular weight excluding hydrogens is 396 g/mol. The van der Waals surface area contributed by atoms with Crippen LogP contribution >= 0.6 is 11.3 Å². The van der Waals surface area contributed by atoms with E-state index in [0.717, 1.165) is 64.2 Å². The van der Waals surface area contributed by atoms with Crippen molar-refractivity contribution in [2.24, 2.45) is 0 Å². The minimum atomic E-state index is -0.131. The lowest BCUT2D eigenvalue weighted by molar-refractivity contribution is 0.102. The number of rotatable bonds is 4. The average molecular weight is 419 g/mol. The van der Waals surface area contributed by atoms with E-state index in [2.05, 4.69) is 22.1 Å². The van der Waals surface area contributed by atoms with E-state index in [9.17, 15) is 4.79 Å². The first kappa shape index (κ1) is 19.0. The maximum absolute atomic E-state index is 13.5. The lowest BCUT2D eigenvalue weighted by Crippen LogP contribution is -2.33. The predicted molar refractivity (Wildman–Crippen MR) is 121 cm³/mol. The Hall–Kier alpha value is -3.03. The van der Waals surface area contributed by atoms with Crippen LogP contribution in [-0.2, 0) is 13.0 Å². The van der Waals surface area contributed by atoms with Crippen LogP contribution in [0, 0.1) is 0 Å². The van der Waals surface area contributed by atoms with Gasteiger partial charge in [-0.3, -0.25) is 20.0 Å². The molecule has 6 nitrogen and oxygen atoms in total. The molecule has 0 saturated carbocycles. The number of thiazole rings is 1. The molecule has 3 heterocycles. The molecule has 0 bridgehead atoms. The van der Waals surface area contributed by atoms with Crippen molar-refractivity contribution in [3.63, 3.8) is 0 Å². The number of methoxy groups -OCH3 is 1. The predicted octanol–water partition coefficient (Wildman–Crippen LogP) is 4.48. The first-order valence-corrected chi connectivity index (χ1v) is 10.9. The van der Waals surface area contributed by atoms with Crippen LogP contribution in [0.5, 0.6) is 5.75 Å². The van der Waals surface area contributed by atoms with Crippen LogP contribution in [0.2, 0.25) is 0 Å². The highest BCUT2D eigenvalue weighted by molar-refractivity contribution is 7.22. The van der Waals surface area contributed by atoms with E-state index in [1.165, 1.54) is 11.3 Å². The highest BCUT2D eigenvalue weighted by atomic mass is 32.1. The van der Waals surface area contributed by atoms with Gasteiger partial charge in [0.15, 0.2) is 5.13 Å². The van der Waals surface area contributed by atoms with Crippen molar-refractivity contribution in [1.82, 2.24) is 14.9 Å². The summed E-state index contributed by atoms with van der Waals surface area (Å²) >= 11 is 1.45. The van der Waals surface area contributed by atoms with Crippen molar-refractivity contribution in [3.8, 4) is 5.75 Å². The molecule has 152 valence electrons. The van der Waals surface area contributed by atoms with Crippen LogP contribution in [-0.4, -0.2) is 41.0 Å². The largest absolute Gasteiger partial charge is 0.497 e. The van der Waals surface area contributed by atoms with Crippen molar-refractivity contribution < 1.29 is 9.53 Å². The number of carbonyl (C=O) groups is 1. The second-order valence-corrected chi connectivity index (χ2v) is 8.39. The van der Waals surface area contributed by atoms with E-state index in [1.54, 1.807) is 7.11 Å². The SMILES string of the molecule is CCN1CCc2nc3ccccc3c(C(=O)Nc3nc4ccc(OC)cc4s3)c2C1. The normalized spacial score (nSPS) is 14.1. The molecule has 30 heavy (non-hydrogen) atoms. The van der Waals surface area contributed by atoms with Crippen molar-refractivity contribution in [2.75, 3.05) is 25.5 Å². The fraction of sp³-hybridized carbons (Fsp3) is 0.261. The molecule has 0 spiro atoms. The summed E-state index contributed by atoms with van der Waals surface area (Å²) in [5, 5.41) is 4.51. The van der Waals surface area contributed by atoms with Crippen LogP contribution in [0.1, 0.15) is 28.5 Å². The zero-order valence-electron chi connectivity index (χ0n) is 16.9. The number of amides is 1. The van der Waals surface area contributed by atoms with E-state index in [0.29, 0.717) is 10.7 Å². The van der Waals surface area contributed by atoms with Crippen molar-refractivity contribution in [2.45, 2.75) is 19.9 Å². The molecule has 0 fully saturated rings. The Morgan fingerprint density at radius 1 is 1.20 bits per heavy atom. The monoisotopic (exact) mass is 418 g/mol. The van der Waals surface area contributed by atoms with E-state index >= 15 is 0 Å². The third-order valence-corrected chi connectivity index (χ3v) is 6.55. The third-order valence-electron chi connectivity index (χ3n) is 5.62. The van der Waals surface area contributed by atoms with Gasteiger partial charge in [-0.25, -0.2) is 4.98 Å². The molecule has 0 saturated heterocycles. The summed E-state index contributed by atoms with van der Waals surface area (Å²) < 4.78 is 6.27. The molecule has 0 radical (unpaired) electrons. The van der Waals surface area contributed by atoms with E-state index in [1.807, 2.05) is 42.5 Å². The van der Waals surface area contributed by atoms with Gasteiger partial charge in [-0.2, -0.15) is 0 Å². The molecule has 2 aromatic carbocycles. The number of fused-ring (bicyclic) bond motifs is 3. The summed E-state index contributed by atoms with van der Waals surface area (Å²) in [6.07, 6.45) is 0.856. The van der Waals surface area contributed by atoms with E-state index < -0.39 is 0 Å². The highest BCUT2D eigenvalue weighted by Crippen LogP contribution is 2.32. The zero-order valence-corrected chi connectivity index (χ0v) is 17.8. The lowest BCUT2D eigenvalue weighted by Gasteiger charge is -2.29. The first-order valence-electron chi connectivity index (χ1n) is 10.0. The van der Waals surface area contributed by atoms with Gasteiger partial charge in [0.2, 0.25) is 0 Å². The molecule has 4 aromatic rings. The van der Waals surface area contributed by atoms with Gasteiger partial charge in [-0.05, 0) is 30.8 Å². The molecule has 0 unspecified atom stereocenters. The fourth-order valence-electron chi connectivity index (χ4n) is 4.02. The quantitative estimate of drug-likeness (QED) is 0.529. The van der Waals surface area contributed by atoms with Gasteiger partial charge in [0.1, 0.15) is 5.75 Å². The topological polar surface area (TPSA) is 67.4 Å². The van der Waals surface area contributed by atoms with Crippen LogP contribution in [0.3, 0.4) is 0 Å². The summed E-state index contributed by atoms with van der Waals surface area (Å²) in [4.78, 5) is 25.3. The molecular formula is C23H22N4O2S. The maximum Gasteiger partial charge on any atom is 0.258 e. The number of ether oxygens (including phenoxy) is 1. The second kappa shape index (κ2) is 7.66. The van der Waals surface area contributed by atoms with Gasteiger partial charge in [0, 0.05) is 36.2 Å². The average Bonchev–Trinajstić information content (AvgIpc) is 3.18. The smallest absolute Gasteiger partial charge is 0.258 e. The molecule has 2 aromatic heterocycles. The maximum atomic E-state index is 13.5. The molecule has 1 aliphatic heterocycles. The van der Waals surface area contributed by atoms with Gasteiger partial charge < -0.3 is 4.74 Å². The van der Waals surface area contributed by atoms with Crippen molar-refractivity contribution in [3.05, 3.63) is 59.3 Å².